The molecule has 20 heavy (non-hydrogen) atoms. The molecule has 0 saturated carbocycles. The van der Waals surface area contributed by atoms with Crippen LogP contribution >= 0.6 is 28.1 Å². The van der Waals surface area contributed by atoms with Gasteiger partial charge in [0.25, 0.3) is 0 Å². The Labute approximate surface area is 132 Å². The highest BCUT2D eigenvalue weighted by Gasteiger charge is 2.47. The number of rotatable bonds is 3. The van der Waals surface area contributed by atoms with Crippen molar-refractivity contribution in [1.82, 2.24) is 10.2 Å². The van der Waals surface area contributed by atoms with Crippen LogP contribution in [-0.2, 0) is 4.74 Å². The van der Waals surface area contributed by atoms with Crippen molar-refractivity contribution in [2.24, 2.45) is 0 Å². The number of nitrogens with zero attached hydrogens (tertiary/aromatic N) is 1. The predicted octanol–water partition coefficient (Wildman–Crippen LogP) is 2.83. The SMILES string of the molecule is COCCN1C(=S)N[C@@H]2C[C@]1(C)Oc1ccc(Br)cc12. The van der Waals surface area contributed by atoms with E-state index in [9.17, 15) is 0 Å². The first-order chi connectivity index (χ1) is 9.53. The van der Waals surface area contributed by atoms with E-state index in [0.29, 0.717) is 6.61 Å². The van der Waals surface area contributed by atoms with Gasteiger partial charge in [0.05, 0.1) is 12.6 Å². The number of benzene rings is 1. The number of thiocarbonyl (C=S) groups is 1. The maximum absolute atomic E-state index is 6.25. The molecule has 2 heterocycles. The number of ether oxygens (including phenoxy) is 2. The highest BCUT2D eigenvalue weighted by Crippen LogP contribution is 2.44. The van der Waals surface area contributed by atoms with Crippen LogP contribution in [0, 0.1) is 0 Å². The van der Waals surface area contributed by atoms with Gasteiger partial charge in [-0.3, -0.25) is 0 Å². The van der Waals surface area contributed by atoms with Crippen molar-refractivity contribution in [2.45, 2.75) is 25.1 Å². The molecule has 2 aliphatic rings. The van der Waals surface area contributed by atoms with Gasteiger partial charge in [0.1, 0.15) is 5.75 Å². The van der Waals surface area contributed by atoms with Crippen LogP contribution in [-0.4, -0.2) is 36.0 Å². The van der Waals surface area contributed by atoms with Gasteiger partial charge >= 0.3 is 0 Å². The molecule has 1 saturated heterocycles. The van der Waals surface area contributed by atoms with Crippen molar-refractivity contribution < 1.29 is 9.47 Å². The average Bonchev–Trinajstić information content (AvgIpc) is 2.39. The molecule has 0 radical (unpaired) electrons. The van der Waals surface area contributed by atoms with Crippen molar-refractivity contribution in [1.29, 1.82) is 0 Å². The Morgan fingerprint density at radius 1 is 1.60 bits per heavy atom. The molecule has 2 atom stereocenters. The highest BCUT2D eigenvalue weighted by atomic mass is 79.9. The number of nitrogens with one attached hydrogen (secondary N) is 1. The van der Waals surface area contributed by atoms with E-state index in [2.05, 4.69) is 39.1 Å². The molecular weight excluding hydrogens is 340 g/mol. The maximum atomic E-state index is 6.25. The Morgan fingerprint density at radius 2 is 2.40 bits per heavy atom. The van der Waals surface area contributed by atoms with Gasteiger partial charge in [0.15, 0.2) is 10.8 Å². The fraction of sp³-hybridized carbons (Fsp3) is 0.500. The first-order valence-electron chi connectivity index (χ1n) is 6.59. The quantitative estimate of drug-likeness (QED) is 0.842. The summed E-state index contributed by atoms with van der Waals surface area (Å²) in [5.74, 6) is 0.921. The second-order valence-corrected chi connectivity index (χ2v) is 6.61. The Kier molecular flexibility index (Phi) is 3.64. The number of methoxy groups -OCH3 is 1. The van der Waals surface area contributed by atoms with E-state index >= 15 is 0 Å². The fourth-order valence-electron chi connectivity index (χ4n) is 2.91. The largest absolute Gasteiger partial charge is 0.468 e. The summed E-state index contributed by atoms with van der Waals surface area (Å²) >= 11 is 9.01. The smallest absolute Gasteiger partial charge is 0.184 e. The van der Waals surface area contributed by atoms with Crippen molar-refractivity contribution >= 4 is 33.3 Å². The van der Waals surface area contributed by atoms with Crippen molar-refractivity contribution in [3.63, 3.8) is 0 Å². The van der Waals surface area contributed by atoms with Crippen LogP contribution in [0.5, 0.6) is 5.75 Å². The zero-order valence-electron chi connectivity index (χ0n) is 11.5. The van der Waals surface area contributed by atoms with Crippen molar-refractivity contribution in [2.75, 3.05) is 20.3 Å². The van der Waals surface area contributed by atoms with Gasteiger partial charge in [0.2, 0.25) is 0 Å². The fourth-order valence-corrected chi connectivity index (χ4v) is 3.71. The zero-order valence-corrected chi connectivity index (χ0v) is 13.9. The minimum absolute atomic E-state index is 0.201. The molecule has 3 rings (SSSR count). The standard InChI is InChI=1S/C14H17BrN2O2S/c1-14-8-11(16-13(20)17(14)5-6-18-2)10-7-9(15)3-4-12(10)19-14/h3-4,7,11H,5-6,8H2,1-2H3,(H,16,20)/t11-,14+/m1/s1. The summed E-state index contributed by atoms with van der Waals surface area (Å²) in [7, 11) is 1.69. The zero-order chi connectivity index (χ0) is 14.3. The molecule has 1 N–H and O–H groups in total. The highest BCUT2D eigenvalue weighted by molar-refractivity contribution is 9.10. The molecule has 0 aliphatic carbocycles. The van der Waals surface area contributed by atoms with E-state index in [-0.39, 0.29) is 6.04 Å². The molecule has 4 nitrogen and oxygen atoms in total. The van der Waals surface area contributed by atoms with Gasteiger partial charge in [-0.1, -0.05) is 15.9 Å². The Balaban J connectivity index is 1.96. The molecule has 0 amide bonds. The predicted molar refractivity (Wildman–Crippen MR) is 84.8 cm³/mol. The van der Waals surface area contributed by atoms with Crippen LogP contribution in [0.3, 0.4) is 0 Å². The van der Waals surface area contributed by atoms with Crippen LogP contribution in [0.15, 0.2) is 22.7 Å². The first-order valence-corrected chi connectivity index (χ1v) is 7.79. The Bertz CT molecular complexity index is 554. The molecular formula is C14H17BrN2O2S. The van der Waals surface area contributed by atoms with E-state index in [1.807, 2.05) is 12.1 Å². The van der Waals surface area contributed by atoms with Crippen LogP contribution in [0.1, 0.15) is 24.9 Å². The van der Waals surface area contributed by atoms with E-state index in [1.165, 1.54) is 0 Å². The molecule has 108 valence electrons. The Morgan fingerprint density at radius 3 is 3.15 bits per heavy atom. The monoisotopic (exact) mass is 356 g/mol. The van der Waals surface area contributed by atoms with Crippen molar-refractivity contribution in [3.8, 4) is 5.75 Å². The molecule has 1 fully saturated rings. The van der Waals surface area contributed by atoms with E-state index < -0.39 is 5.72 Å². The lowest BCUT2D eigenvalue weighted by atomic mass is 9.91. The second kappa shape index (κ2) is 5.16. The van der Waals surface area contributed by atoms with Gasteiger partial charge in [-0.05, 0) is 37.3 Å². The van der Waals surface area contributed by atoms with Gasteiger partial charge in [-0.15, -0.1) is 0 Å². The molecule has 0 unspecified atom stereocenters. The van der Waals surface area contributed by atoms with E-state index in [0.717, 1.165) is 33.9 Å². The molecule has 6 heteroatoms. The van der Waals surface area contributed by atoms with Gasteiger partial charge < -0.3 is 19.7 Å². The summed E-state index contributed by atoms with van der Waals surface area (Å²) in [6, 6.07) is 6.31. The summed E-state index contributed by atoms with van der Waals surface area (Å²) in [6.07, 6.45) is 0.861. The third kappa shape index (κ3) is 2.29. The summed E-state index contributed by atoms with van der Waals surface area (Å²) < 4.78 is 12.5. The molecule has 0 aromatic heterocycles. The summed E-state index contributed by atoms with van der Waals surface area (Å²) in [5, 5.41) is 4.14. The van der Waals surface area contributed by atoms with Gasteiger partial charge in [0, 0.05) is 30.1 Å². The minimum Gasteiger partial charge on any atom is -0.468 e. The van der Waals surface area contributed by atoms with Crippen LogP contribution < -0.4 is 10.1 Å². The third-order valence-corrected chi connectivity index (χ3v) is 4.72. The molecule has 2 aliphatic heterocycles. The summed E-state index contributed by atoms with van der Waals surface area (Å²) in [6.45, 7) is 3.43. The lowest BCUT2D eigenvalue weighted by Crippen LogP contribution is -2.65. The third-order valence-electron chi connectivity index (χ3n) is 3.89. The van der Waals surface area contributed by atoms with Crippen LogP contribution in [0.2, 0.25) is 0 Å². The van der Waals surface area contributed by atoms with Gasteiger partial charge in [-0.2, -0.15) is 0 Å². The summed E-state index contributed by atoms with van der Waals surface area (Å²) in [5.41, 5.74) is 0.748. The molecule has 2 bridgehead atoms. The van der Waals surface area contributed by atoms with E-state index in [1.54, 1.807) is 7.11 Å². The van der Waals surface area contributed by atoms with Crippen molar-refractivity contribution in [3.05, 3.63) is 28.2 Å². The number of hydrogen-bond donors (Lipinski definition) is 1. The van der Waals surface area contributed by atoms with Gasteiger partial charge in [-0.25, -0.2) is 0 Å². The molecule has 1 aromatic rings. The van der Waals surface area contributed by atoms with Crippen LogP contribution in [0.4, 0.5) is 0 Å². The normalized spacial score (nSPS) is 27.6. The Hall–Kier alpha value is -0.850. The number of halogens is 1. The lowest BCUT2D eigenvalue weighted by Gasteiger charge is -2.52. The maximum Gasteiger partial charge on any atom is 0.184 e. The van der Waals surface area contributed by atoms with Crippen LogP contribution in [0.25, 0.3) is 0 Å². The number of fused-ring (bicyclic) bond motifs is 4. The average molecular weight is 357 g/mol. The first kappa shape index (κ1) is 14.1. The summed E-state index contributed by atoms with van der Waals surface area (Å²) in [4.78, 5) is 2.08. The topological polar surface area (TPSA) is 33.7 Å². The minimum atomic E-state index is -0.410. The molecule has 0 spiro atoms. The number of hydrogen-bond acceptors (Lipinski definition) is 3. The van der Waals surface area contributed by atoms with E-state index in [4.69, 9.17) is 21.7 Å². The molecule has 1 aromatic carbocycles. The lowest BCUT2D eigenvalue weighted by molar-refractivity contribution is -0.0740. The second-order valence-electron chi connectivity index (χ2n) is 5.31.